The van der Waals surface area contributed by atoms with Crippen molar-refractivity contribution in [1.82, 2.24) is 4.57 Å². The van der Waals surface area contributed by atoms with Gasteiger partial charge in [-0.15, -0.1) is 0 Å². The van der Waals surface area contributed by atoms with E-state index in [1.807, 2.05) is 0 Å². The van der Waals surface area contributed by atoms with Crippen LogP contribution in [0.5, 0.6) is 0 Å². The summed E-state index contributed by atoms with van der Waals surface area (Å²) in [7, 11) is -2.81. The Hall–Kier alpha value is -6.82. The summed E-state index contributed by atoms with van der Waals surface area (Å²) in [6.07, 6.45) is 0. The molecule has 0 aliphatic carbocycles. The topological polar surface area (TPSA) is 11.4 Å². The molecule has 0 saturated carbocycles. The number of para-hydroxylation sites is 5. The SMILES string of the molecule is c1ccc(N2c3cccc4c3B(c3cccc5c3N4c3ccccc3[Si]5(c3ccccc3)c3ccccc3)c3c2n(-c2ccccc2)c2ccccc32)cc1. The smallest absolute Gasteiger partial charge is 0.255 e. The molecule has 0 amide bonds. The van der Waals surface area contributed by atoms with Gasteiger partial charge in [-0.1, -0.05) is 158 Å². The van der Waals surface area contributed by atoms with Gasteiger partial charge >= 0.3 is 0 Å². The molecule has 0 spiro atoms. The Morgan fingerprint density at radius 2 is 0.909 bits per heavy atom. The molecule has 5 heteroatoms. The van der Waals surface area contributed by atoms with Crippen molar-refractivity contribution in [1.29, 1.82) is 0 Å². The van der Waals surface area contributed by atoms with Crippen LogP contribution in [0, 0.1) is 0 Å². The van der Waals surface area contributed by atoms with Gasteiger partial charge in [-0.05, 0) is 91.1 Å². The lowest BCUT2D eigenvalue weighted by atomic mass is 9.33. The summed E-state index contributed by atoms with van der Waals surface area (Å²) in [6.45, 7) is 0.00531. The van der Waals surface area contributed by atoms with Gasteiger partial charge in [0.1, 0.15) is 5.82 Å². The minimum atomic E-state index is -2.81. The molecule has 12 rings (SSSR count). The van der Waals surface area contributed by atoms with E-state index < -0.39 is 8.07 Å². The summed E-state index contributed by atoms with van der Waals surface area (Å²) in [4.78, 5) is 5.15. The first-order valence-electron chi connectivity index (χ1n) is 19.2. The van der Waals surface area contributed by atoms with Gasteiger partial charge in [0.25, 0.3) is 6.71 Å². The van der Waals surface area contributed by atoms with Crippen molar-refractivity contribution in [3.63, 3.8) is 0 Å². The van der Waals surface area contributed by atoms with Crippen molar-refractivity contribution < 1.29 is 0 Å². The van der Waals surface area contributed by atoms with Gasteiger partial charge in [-0.2, -0.15) is 0 Å². The average molecular weight is 716 g/mol. The Kier molecular flexibility index (Phi) is 6.45. The van der Waals surface area contributed by atoms with Gasteiger partial charge in [0, 0.05) is 34.1 Å². The predicted octanol–water partition coefficient (Wildman–Crippen LogP) is 7.40. The third-order valence-corrected chi connectivity index (χ3v) is 17.1. The van der Waals surface area contributed by atoms with Crippen LogP contribution in [0.15, 0.2) is 206 Å². The van der Waals surface area contributed by atoms with Crippen molar-refractivity contribution in [3.8, 4) is 5.69 Å². The molecule has 0 N–H and O–H groups in total. The fraction of sp³-hybridized carbons (Fsp3) is 0. The van der Waals surface area contributed by atoms with Crippen molar-refractivity contribution in [2.75, 3.05) is 9.80 Å². The molecule has 0 bridgehead atoms. The van der Waals surface area contributed by atoms with E-state index in [-0.39, 0.29) is 6.71 Å². The van der Waals surface area contributed by atoms with Crippen molar-refractivity contribution >= 4 is 97.1 Å². The third-order valence-electron chi connectivity index (χ3n) is 12.2. The van der Waals surface area contributed by atoms with Gasteiger partial charge in [0.05, 0.1) is 5.52 Å². The van der Waals surface area contributed by atoms with Crippen LogP contribution in [-0.4, -0.2) is 19.4 Å². The Labute approximate surface area is 322 Å². The molecule has 0 unspecified atom stereocenters. The number of fused-ring (bicyclic) bond motifs is 8. The van der Waals surface area contributed by atoms with E-state index in [1.165, 1.54) is 76.6 Å². The maximum Gasteiger partial charge on any atom is 0.255 e. The highest BCUT2D eigenvalue weighted by Gasteiger charge is 2.54. The summed E-state index contributed by atoms with van der Waals surface area (Å²) in [5, 5.41) is 6.95. The van der Waals surface area contributed by atoms with Crippen LogP contribution in [0.25, 0.3) is 16.6 Å². The molecular weight excluding hydrogens is 681 g/mol. The Morgan fingerprint density at radius 3 is 1.62 bits per heavy atom. The first-order chi connectivity index (χ1) is 27.4. The molecule has 3 aliphatic rings. The molecule has 9 aromatic rings. The van der Waals surface area contributed by atoms with Crippen LogP contribution in [-0.2, 0) is 0 Å². The highest BCUT2D eigenvalue weighted by Crippen LogP contribution is 2.47. The van der Waals surface area contributed by atoms with Crippen molar-refractivity contribution in [2.24, 2.45) is 0 Å². The summed E-state index contributed by atoms with van der Waals surface area (Å²) < 4.78 is 2.50. The van der Waals surface area contributed by atoms with Crippen LogP contribution >= 0.6 is 0 Å². The zero-order valence-electron chi connectivity index (χ0n) is 30.0. The number of hydrogen-bond donors (Lipinski definition) is 0. The first kappa shape index (κ1) is 30.6. The fourth-order valence-corrected chi connectivity index (χ4v) is 15.4. The highest BCUT2D eigenvalue weighted by molar-refractivity contribution is 7.22. The molecule has 3 aliphatic heterocycles. The van der Waals surface area contributed by atoms with Crippen LogP contribution in [0.1, 0.15) is 0 Å². The quantitative estimate of drug-likeness (QED) is 0.176. The minimum absolute atomic E-state index is 0.00531. The second-order valence-electron chi connectivity index (χ2n) is 14.8. The Bertz CT molecular complexity index is 2910. The highest BCUT2D eigenvalue weighted by atomic mass is 28.3. The third kappa shape index (κ3) is 4.00. The molecular formula is C50H34BN3Si. The van der Waals surface area contributed by atoms with E-state index in [9.17, 15) is 0 Å². The monoisotopic (exact) mass is 715 g/mol. The lowest BCUT2D eigenvalue weighted by Gasteiger charge is -2.50. The van der Waals surface area contributed by atoms with Crippen LogP contribution < -0.4 is 46.9 Å². The van der Waals surface area contributed by atoms with Crippen LogP contribution in [0.3, 0.4) is 0 Å². The maximum atomic E-state index is 2.62. The van der Waals surface area contributed by atoms with E-state index in [0.29, 0.717) is 0 Å². The second kappa shape index (κ2) is 11.6. The van der Waals surface area contributed by atoms with Gasteiger partial charge in [-0.3, -0.25) is 9.47 Å². The molecule has 0 atom stereocenters. The molecule has 0 radical (unpaired) electrons. The summed E-state index contributed by atoms with van der Waals surface area (Å²) in [5.74, 6) is 1.20. The van der Waals surface area contributed by atoms with Crippen LogP contribution in [0.2, 0.25) is 0 Å². The number of rotatable bonds is 4. The Balaban J connectivity index is 1.26. The molecule has 0 fully saturated rings. The molecule has 55 heavy (non-hydrogen) atoms. The van der Waals surface area contributed by atoms with Gasteiger partial charge in [0.15, 0.2) is 8.07 Å². The predicted molar refractivity (Wildman–Crippen MR) is 234 cm³/mol. The standard InChI is InChI=1S/C50H34BN3Si/c1-5-19-35(20-6-1)52-41-29-14-13-27-39(41)47-50(52)53(36-21-7-2-8-22-36)43-31-18-32-44-48(43)51(47)40-28-17-34-46-49(40)54(44)42-30-15-16-33-45(42)55(46,37-23-9-3-10-24-37)38-25-11-4-12-26-38/h1-34H. The number of hydrogen-bond acceptors (Lipinski definition) is 2. The van der Waals surface area contributed by atoms with Crippen LogP contribution in [0.4, 0.5) is 34.3 Å². The van der Waals surface area contributed by atoms with E-state index >= 15 is 0 Å². The molecule has 0 saturated heterocycles. The van der Waals surface area contributed by atoms with E-state index in [4.69, 9.17) is 0 Å². The zero-order valence-corrected chi connectivity index (χ0v) is 31.0. The number of aromatic nitrogens is 1. The summed E-state index contributed by atoms with van der Waals surface area (Å²) >= 11 is 0. The minimum Gasteiger partial charge on any atom is -0.312 e. The van der Waals surface area contributed by atoms with E-state index in [2.05, 4.69) is 221 Å². The summed E-state index contributed by atoms with van der Waals surface area (Å²) in [6, 6.07) is 77.0. The first-order valence-corrected chi connectivity index (χ1v) is 21.2. The number of anilines is 6. The van der Waals surface area contributed by atoms with E-state index in [0.717, 1.165) is 11.4 Å². The molecule has 4 heterocycles. The normalized spacial score (nSPS) is 14.2. The second-order valence-corrected chi connectivity index (χ2v) is 18.5. The van der Waals surface area contributed by atoms with Gasteiger partial charge < -0.3 is 4.90 Å². The largest absolute Gasteiger partial charge is 0.312 e. The van der Waals surface area contributed by atoms with Crippen molar-refractivity contribution in [3.05, 3.63) is 206 Å². The maximum absolute atomic E-state index is 2.81. The lowest BCUT2D eigenvalue weighted by molar-refractivity contribution is 1.08. The van der Waals surface area contributed by atoms with Gasteiger partial charge in [-0.25, -0.2) is 0 Å². The molecule has 1 aromatic heterocycles. The zero-order chi connectivity index (χ0) is 36.1. The summed E-state index contributed by atoms with van der Waals surface area (Å²) in [5.41, 5.74) is 12.7. The van der Waals surface area contributed by atoms with Crippen molar-refractivity contribution in [2.45, 2.75) is 0 Å². The molecule has 8 aromatic carbocycles. The fourth-order valence-electron chi connectivity index (χ4n) is 10.2. The molecule has 256 valence electrons. The number of nitrogens with zero attached hydrogens (tertiary/aromatic N) is 3. The average Bonchev–Trinajstić information content (AvgIpc) is 3.60. The van der Waals surface area contributed by atoms with Gasteiger partial charge in [0.2, 0.25) is 0 Å². The number of benzene rings is 8. The Morgan fingerprint density at radius 1 is 0.382 bits per heavy atom. The lowest BCUT2D eigenvalue weighted by Crippen LogP contribution is -2.79. The van der Waals surface area contributed by atoms with E-state index in [1.54, 1.807) is 0 Å². The molecule has 3 nitrogen and oxygen atoms in total.